The van der Waals surface area contributed by atoms with Gasteiger partial charge in [-0.15, -0.1) is 0 Å². The summed E-state index contributed by atoms with van der Waals surface area (Å²) in [5.74, 6) is -0.00726. The first-order valence-corrected chi connectivity index (χ1v) is 5.18. The molecule has 0 heterocycles. The molecule has 88 valence electrons. The van der Waals surface area contributed by atoms with Crippen molar-refractivity contribution < 1.29 is 14.6 Å². The van der Waals surface area contributed by atoms with Gasteiger partial charge in [-0.25, -0.2) is 0 Å². The van der Waals surface area contributed by atoms with Crippen LogP contribution in [0.1, 0.15) is 5.56 Å². The maximum absolute atomic E-state index is 10.4. The number of benzene rings is 1. The fourth-order valence-corrected chi connectivity index (χ4v) is 1.26. The van der Waals surface area contributed by atoms with Crippen LogP contribution in [0.4, 0.5) is 0 Å². The molecule has 0 bridgehead atoms. The predicted molar refractivity (Wildman–Crippen MR) is 61.8 cm³/mol. The summed E-state index contributed by atoms with van der Waals surface area (Å²) in [6.07, 6.45) is 0. The Morgan fingerprint density at radius 1 is 1.38 bits per heavy atom. The molecule has 0 unspecified atom stereocenters. The third-order valence-electron chi connectivity index (χ3n) is 2.17. The number of aryl methyl sites for hydroxylation is 1. The Morgan fingerprint density at radius 2 is 2.00 bits per heavy atom. The lowest BCUT2D eigenvalue weighted by Crippen LogP contribution is -2.29. The molecule has 0 aliphatic heterocycles. The topological polar surface area (TPSA) is 49.8 Å². The first-order chi connectivity index (χ1) is 7.58. The van der Waals surface area contributed by atoms with Crippen molar-refractivity contribution in [3.63, 3.8) is 0 Å². The fraction of sp³-hybridized carbons (Fsp3) is 0.417. The Bertz CT molecular complexity index is 335. The van der Waals surface area contributed by atoms with Crippen molar-refractivity contribution in [1.29, 1.82) is 0 Å². The first-order valence-electron chi connectivity index (χ1n) is 5.18. The highest BCUT2D eigenvalue weighted by Gasteiger charge is 2.03. The summed E-state index contributed by atoms with van der Waals surface area (Å²) in [7, 11) is 1.76. The SMILES string of the molecule is Cc1ccc(OCCN(C)CC(=O)O)cc1. The molecule has 0 fully saturated rings. The molecule has 4 nitrogen and oxygen atoms in total. The maximum atomic E-state index is 10.4. The number of rotatable bonds is 6. The number of carboxylic acids is 1. The van der Waals surface area contributed by atoms with Gasteiger partial charge in [-0.1, -0.05) is 17.7 Å². The van der Waals surface area contributed by atoms with Crippen LogP contribution in [0.5, 0.6) is 5.75 Å². The van der Waals surface area contributed by atoms with E-state index < -0.39 is 5.97 Å². The summed E-state index contributed by atoms with van der Waals surface area (Å²) < 4.78 is 5.48. The van der Waals surface area contributed by atoms with E-state index in [1.807, 2.05) is 31.2 Å². The molecule has 0 radical (unpaired) electrons. The minimum absolute atomic E-state index is 0.0389. The van der Waals surface area contributed by atoms with E-state index in [-0.39, 0.29) is 6.54 Å². The van der Waals surface area contributed by atoms with Gasteiger partial charge in [-0.2, -0.15) is 0 Å². The lowest BCUT2D eigenvalue weighted by Gasteiger charge is -2.14. The number of hydrogen-bond donors (Lipinski definition) is 1. The van der Waals surface area contributed by atoms with Crippen LogP contribution in [-0.2, 0) is 4.79 Å². The van der Waals surface area contributed by atoms with Gasteiger partial charge in [0.25, 0.3) is 0 Å². The average molecular weight is 223 g/mol. The van der Waals surface area contributed by atoms with Gasteiger partial charge < -0.3 is 9.84 Å². The Kier molecular flexibility index (Phi) is 4.79. The number of nitrogens with zero attached hydrogens (tertiary/aromatic N) is 1. The Morgan fingerprint density at radius 3 is 2.56 bits per heavy atom. The zero-order chi connectivity index (χ0) is 12.0. The van der Waals surface area contributed by atoms with Gasteiger partial charge in [0.15, 0.2) is 0 Å². The van der Waals surface area contributed by atoms with Crippen LogP contribution in [0.15, 0.2) is 24.3 Å². The monoisotopic (exact) mass is 223 g/mol. The number of aliphatic carboxylic acids is 1. The average Bonchev–Trinajstić information content (AvgIpc) is 2.20. The zero-order valence-corrected chi connectivity index (χ0v) is 9.64. The number of likely N-dealkylation sites (N-methyl/N-ethyl adjacent to an activating group) is 1. The normalized spacial score (nSPS) is 10.4. The fourth-order valence-electron chi connectivity index (χ4n) is 1.26. The third kappa shape index (κ3) is 4.79. The second kappa shape index (κ2) is 6.12. The molecular weight excluding hydrogens is 206 g/mol. The number of ether oxygens (including phenoxy) is 1. The van der Waals surface area contributed by atoms with Crippen LogP contribution in [0.25, 0.3) is 0 Å². The van der Waals surface area contributed by atoms with Crippen molar-refractivity contribution in [3.05, 3.63) is 29.8 Å². The van der Waals surface area contributed by atoms with E-state index in [0.717, 1.165) is 5.75 Å². The Labute approximate surface area is 95.5 Å². The summed E-state index contributed by atoms with van der Waals surface area (Å²) in [6.45, 7) is 3.15. The summed E-state index contributed by atoms with van der Waals surface area (Å²) in [4.78, 5) is 12.1. The molecule has 1 aromatic carbocycles. The van der Waals surface area contributed by atoms with Crippen molar-refractivity contribution in [3.8, 4) is 5.75 Å². The van der Waals surface area contributed by atoms with E-state index in [4.69, 9.17) is 9.84 Å². The van der Waals surface area contributed by atoms with Crippen molar-refractivity contribution in [1.82, 2.24) is 4.90 Å². The molecule has 0 amide bonds. The van der Waals surface area contributed by atoms with Crippen molar-refractivity contribution in [2.75, 3.05) is 26.7 Å². The van der Waals surface area contributed by atoms with Crippen LogP contribution in [0.3, 0.4) is 0 Å². The molecule has 4 heteroatoms. The number of hydrogen-bond acceptors (Lipinski definition) is 3. The van der Waals surface area contributed by atoms with Crippen LogP contribution in [-0.4, -0.2) is 42.7 Å². The molecule has 0 atom stereocenters. The van der Waals surface area contributed by atoms with Crippen LogP contribution in [0.2, 0.25) is 0 Å². The van der Waals surface area contributed by atoms with E-state index in [2.05, 4.69) is 0 Å². The van der Waals surface area contributed by atoms with E-state index in [9.17, 15) is 4.79 Å². The van der Waals surface area contributed by atoms with E-state index in [1.54, 1.807) is 11.9 Å². The van der Waals surface area contributed by atoms with Crippen LogP contribution >= 0.6 is 0 Å². The van der Waals surface area contributed by atoms with Gasteiger partial charge in [-0.3, -0.25) is 9.69 Å². The quantitative estimate of drug-likeness (QED) is 0.791. The standard InChI is InChI=1S/C12H17NO3/c1-10-3-5-11(6-4-10)16-8-7-13(2)9-12(14)15/h3-6H,7-9H2,1-2H3,(H,14,15). The lowest BCUT2D eigenvalue weighted by atomic mass is 10.2. The van der Waals surface area contributed by atoms with Crippen molar-refractivity contribution in [2.45, 2.75) is 6.92 Å². The molecule has 0 spiro atoms. The molecule has 16 heavy (non-hydrogen) atoms. The molecule has 0 aliphatic rings. The molecule has 1 N–H and O–H groups in total. The van der Waals surface area contributed by atoms with Gasteiger partial charge >= 0.3 is 5.97 Å². The Balaban J connectivity index is 2.25. The molecule has 0 aromatic heterocycles. The summed E-state index contributed by atoms with van der Waals surface area (Å²) >= 11 is 0. The maximum Gasteiger partial charge on any atom is 0.317 e. The number of carboxylic acid groups (broad SMARTS) is 1. The van der Waals surface area contributed by atoms with Crippen LogP contribution < -0.4 is 4.74 Å². The largest absolute Gasteiger partial charge is 0.492 e. The lowest BCUT2D eigenvalue weighted by molar-refractivity contribution is -0.138. The Hall–Kier alpha value is -1.55. The highest BCUT2D eigenvalue weighted by atomic mass is 16.5. The third-order valence-corrected chi connectivity index (χ3v) is 2.17. The summed E-state index contributed by atoms with van der Waals surface area (Å²) in [6, 6.07) is 7.78. The summed E-state index contributed by atoms with van der Waals surface area (Å²) in [5.41, 5.74) is 1.19. The van der Waals surface area contributed by atoms with Crippen molar-refractivity contribution in [2.24, 2.45) is 0 Å². The molecule has 0 saturated carbocycles. The molecule has 1 aromatic rings. The second-order valence-corrected chi connectivity index (χ2v) is 3.79. The smallest absolute Gasteiger partial charge is 0.317 e. The van der Waals surface area contributed by atoms with E-state index in [1.165, 1.54) is 5.56 Å². The van der Waals surface area contributed by atoms with E-state index >= 15 is 0 Å². The number of carbonyl (C=O) groups is 1. The summed E-state index contributed by atoms with van der Waals surface area (Å²) in [5, 5.41) is 8.55. The first kappa shape index (κ1) is 12.5. The van der Waals surface area contributed by atoms with Gasteiger partial charge in [0.05, 0.1) is 6.54 Å². The highest BCUT2D eigenvalue weighted by molar-refractivity contribution is 5.68. The predicted octanol–water partition coefficient (Wildman–Crippen LogP) is 1.39. The molecule has 0 saturated heterocycles. The molecule has 1 rings (SSSR count). The zero-order valence-electron chi connectivity index (χ0n) is 9.64. The van der Waals surface area contributed by atoms with Crippen molar-refractivity contribution >= 4 is 5.97 Å². The van der Waals surface area contributed by atoms with Crippen LogP contribution in [0, 0.1) is 6.92 Å². The van der Waals surface area contributed by atoms with E-state index in [0.29, 0.717) is 13.2 Å². The van der Waals surface area contributed by atoms with Gasteiger partial charge in [0, 0.05) is 6.54 Å². The highest BCUT2D eigenvalue weighted by Crippen LogP contribution is 2.10. The molecule has 0 aliphatic carbocycles. The van der Waals surface area contributed by atoms with Gasteiger partial charge in [0.1, 0.15) is 12.4 Å². The van der Waals surface area contributed by atoms with Gasteiger partial charge in [0.2, 0.25) is 0 Å². The minimum Gasteiger partial charge on any atom is -0.492 e. The van der Waals surface area contributed by atoms with Gasteiger partial charge in [-0.05, 0) is 26.1 Å². The molecular formula is C12H17NO3. The second-order valence-electron chi connectivity index (χ2n) is 3.79. The minimum atomic E-state index is -0.821.